The predicted octanol–water partition coefficient (Wildman–Crippen LogP) is 2.34. The summed E-state index contributed by atoms with van der Waals surface area (Å²) in [7, 11) is -0.983. The van der Waals surface area contributed by atoms with Crippen LogP contribution in [-0.4, -0.2) is 46.1 Å². The van der Waals surface area contributed by atoms with E-state index >= 15 is 0 Å². The third-order valence-corrected chi connectivity index (χ3v) is 3.88. The second-order valence-electron chi connectivity index (χ2n) is 6.24. The molecule has 2 N–H and O–H groups in total. The van der Waals surface area contributed by atoms with Gasteiger partial charge in [-0.05, 0) is 45.4 Å². The Balaban J connectivity index is 0.00000484. The molecule has 7 heteroatoms. The molecule has 0 aliphatic rings. The fraction of sp³-hybridized carbons (Fsp3) is 0.562. The molecular weight excluding hydrogens is 336 g/mol. The van der Waals surface area contributed by atoms with Crippen LogP contribution in [0.3, 0.4) is 0 Å². The Labute approximate surface area is 147 Å². The van der Waals surface area contributed by atoms with Crippen LogP contribution < -0.4 is 5.32 Å². The van der Waals surface area contributed by atoms with Crippen LogP contribution >= 0.6 is 12.4 Å². The van der Waals surface area contributed by atoms with Crippen LogP contribution in [0.1, 0.15) is 33.3 Å². The number of hydrogen-bond donors (Lipinski definition) is 2. The van der Waals surface area contributed by atoms with Crippen molar-refractivity contribution in [2.45, 2.75) is 44.2 Å². The lowest BCUT2D eigenvalue weighted by molar-refractivity contribution is 0.0373. The Hall–Kier alpha value is -0.950. The van der Waals surface area contributed by atoms with Crippen LogP contribution in [-0.2, 0) is 15.6 Å². The van der Waals surface area contributed by atoms with E-state index in [0.717, 1.165) is 10.5 Å². The molecule has 0 bridgehead atoms. The highest BCUT2D eigenvalue weighted by Gasteiger charge is 2.12. The number of hydrogen-bond acceptors (Lipinski definition) is 5. The van der Waals surface area contributed by atoms with Gasteiger partial charge in [0.25, 0.3) is 0 Å². The summed E-state index contributed by atoms with van der Waals surface area (Å²) in [6.45, 7) is 8.53. The van der Waals surface area contributed by atoms with E-state index in [4.69, 9.17) is 4.84 Å². The Bertz CT molecular complexity index is 527. The first-order chi connectivity index (χ1) is 10.2. The van der Waals surface area contributed by atoms with E-state index in [-0.39, 0.29) is 24.6 Å². The molecule has 0 radical (unpaired) electrons. The average Bonchev–Trinajstić information content (AvgIpc) is 2.44. The SMILES string of the molecule is C/C(=N\OCC(O)CNC(C)(C)C)c1ccc(S(C)=O)cc1.Cl. The van der Waals surface area contributed by atoms with Gasteiger partial charge in [-0.15, -0.1) is 12.4 Å². The molecule has 5 nitrogen and oxygen atoms in total. The molecule has 1 aromatic carbocycles. The minimum absolute atomic E-state index is 0. The van der Waals surface area contributed by atoms with Gasteiger partial charge in [0.05, 0.1) is 5.71 Å². The second-order valence-corrected chi connectivity index (χ2v) is 7.62. The molecule has 0 aliphatic carbocycles. The number of halogens is 1. The lowest BCUT2D eigenvalue weighted by Crippen LogP contribution is -2.42. The lowest BCUT2D eigenvalue weighted by Gasteiger charge is -2.22. The van der Waals surface area contributed by atoms with E-state index in [1.165, 1.54) is 0 Å². The first kappa shape index (κ1) is 22.1. The molecule has 132 valence electrons. The van der Waals surface area contributed by atoms with Crippen molar-refractivity contribution < 1.29 is 14.2 Å². The van der Waals surface area contributed by atoms with Crippen molar-refractivity contribution in [2.24, 2.45) is 5.16 Å². The molecule has 0 aromatic heterocycles. The number of aliphatic hydroxyl groups excluding tert-OH is 1. The number of aliphatic hydroxyl groups is 1. The number of nitrogens with one attached hydrogen (secondary N) is 1. The highest BCUT2D eigenvalue weighted by Crippen LogP contribution is 2.09. The fourth-order valence-corrected chi connectivity index (χ4v) is 2.16. The van der Waals surface area contributed by atoms with Crippen LogP contribution in [0, 0.1) is 0 Å². The largest absolute Gasteiger partial charge is 0.393 e. The zero-order valence-electron chi connectivity index (χ0n) is 14.3. The lowest BCUT2D eigenvalue weighted by atomic mass is 10.1. The van der Waals surface area contributed by atoms with Crippen LogP contribution in [0.15, 0.2) is 34.3 Å². The van der Waals surface area contributed by atoms with E-state index < -0.39 is 16.9 Å². The maximum absolute atomic E-state index is 11.3. The van der Waals surface area contributed by atoms with Crippen molar-refractivity contribution in [2.75, 3.05) is 19.4 Å². The van der Waals surface area contributed by atoms with E-state index in [1.54, 1.807) is 6.26 Å². The van der Waals surface area contributed by atoms with Crippen molar-refractivity contribution in [1.29, 1.82) is 0 Å². The molecule has 2 unspecified atom stereocenters. The third-order valence-electron chi connectivity index (χ3n) is 2.94. The van der Waals surface area contributed by atoms with Crippen LogP contribution in [0.4, 0.5) is 0 Å². The molecule has 0 fully saturated rings. The summed E-state index contributed by atoms with van der Waals surface area (Å²) in [6, 6.07) is 7.34. The third kappa shape index (κ3) is 9.05. The summed E-state index contributed by atoms with van der Waals surface area (Å²) in [5, 5.41) is 17.0. The molecule has 0 amide bonds. The highest BCUT2D eigenvalue weighted by molar-refractivity contribution is 7.84. The highest BCUT2D eigenvalue weighted by atomic mass is 35.5. The van der Waals surface area contributed by atoms with Gasteiger partial charge in [0, 0.05) is 34.0 Å². The number of oxime groups is 1. The summed E-state index contributed by atoms with van der Waals surface area (Å²) in [4.78, 5) is 5.97. The minimum Gasteiger partial charge on any atom is -0.393 e. The number of benzene rings is 1. The smallest absolute Gasteiger partial charge is 0.144 e. The molecule has 0 saturated carbocycles. The van der Waals surface area contributed by atoms with Crippen molar-refractivity contribution in [3.63, 3.8) is 0 Å². The molecule has 23 heavy (non-hydrogen) atoms. The first-order valence-electron chi connectivity index (χ1n) is 7.22. The summed E-state index contributed by atoms with van der Waals surface area (Å²) in [5.74, 6) is 0. The topological polar surface area (TPSA) is 70.9 Å². The Morgan fingerprint density at radius 1 is 1.35 bits per heavy atom. The molecule has 0 aliphatic heterocycles. The summed E-state index contributed by atoms with van der Waals surface area (Å²) in [5.41, 5.74) is 1.57. The number of β-amino-alcohol motifs (C(OH)–C–C–N with tert-alkyl or cyclic N) is 1. The van der Waals surface area contributed by atoms with E-state index in [9.17, 15) is 9.32 Å². The molecular formula is C16H27ClN2O3S. The van der Waals surface area contributed by atoms with Gasteiger partial charge < -0.3 is 15.3 Å². The number of nitrogens with zero attached hydrogens (tertiary/aromatic N) is 1. The molecule has 1 rings (SSSR count). The van der Waals surface area contributed by atoms with Gasteiger partial charge in [-0.2, -0.15) is 0 Å². The quantitative estimate of drug-likeness (QED) is 0.577. The molecule has 1 aromatic rings. The van der Waals surface area contributed by atoms with Crippen LogP contribution in [0.25, 0.3) is 0 Å². The predicted molar refractivity (Wildman–Crippen MR) is 97.9 cm³/mol. The van der Waals surface area contributed by atoms with Crippen molar-refractivity contribution >= 4 is 28.9 Å². The number of rotatable bonds is 7. The van der Waals surface area contributed by atoms with Gasteiger partial charge >= 0.3 is 0 Å². The zero-order chi connectivity index (χ0) is 16.8. The Morgan fingerprint density at radius 2 is 1.91 bits per heavy atom. The van der Waals surface area contributed by atoms with E-state index in [2.05, 4.69) is 10.5 Å². The first-order valence-corrected chi connectivity index (χ1v) is 8.78. The summed E-state index contributed by atoms with van der Waals surface area (Å²) in [6.07, 6.45) is 1.03. The Kier molecular flexibility index (Phi) is 9.61. The van der Waals surface area contributed by atoms with Gasteiger partial charge in [-0.25, -0.2) is 0 Å². The molecule has 0 heterocycles. The van der Waals surface area contributed by atoms with Crippen molar-refractivity contribution in [3.05, 3.63) is 29.8 Å². The molecule has 2 atom stereocenters. The maximum atomic E-state index is 11.3. The standard InChI is InChI=1S/C16H26N2O3S.ClH/c1-12(13-6-8-15(9-7-13)22(5)20)18-21-11-14(19)10-17-16(2,3)4;/h6-9,14,17,19H,10-11H2,1-5H3;1H/b18-12+;. The van der Waals surface area contributed by atoms with Crippen LogP contribution in [0.5, 0.6) is 0 Å². The van der Waals surface area contributed by atoms with Gasteiger partial charge in [0.2, 0.25) is 0 Å². The summed E-state index contributed by atoms with van der Waals surface area (Å²) >= 11 is 0. The van der Waals surface area contributed by atoms with Crippen molar-refractivity contribution in [3.8, 4) is 0 Å². The Morgan fingerprint density at radius 3 is 2.39 bits per heavy atom. The van der Waals surface area contributed by atoms with E-state index in [1.807, 2.05) is 52.0 Å². The van der Waals surface area contributed by atoms with Gasteiger partial charge in [-0.3, -0.25) is 4.21 Å². The van der Waals surface area contributed by atoms with Crippen molar-refractivity contribution in [1.82, 2.24) is 5.32 Å². The monoisotopic (exact) mass is 362 g/mol. The van der Waals surface area contributed by atoms with Crippen LogP contribution in [0.2, 0.25) is 0 Å². The minimum atomic E-state index is -0.983. The van der Waals surface area contributed by atoms with E-state index in [0.29, 0.717) is 12.3 Å². The average molecular weight is 363 g/mol. The second kappa shape index (κ2) is 10.0. The van der Waals surface area contributed by atoms with Gasteiger partial charge in [0.15, 0.2) is 0 Å². The normalized spacial score (nSPS) is 14.8. The zero-order valence-corrected chi connectivity index (χ0v) is 16.0. The van der Waals surface area contributed by atoms with Gasteiger partial charge in [-0.1, -0.05) is 17.3 Å². The molecule has 0 spiro atoms. The maximum Gasteiger partial charge on any atom is 0.144 e. The molecule has 0 saturated heterocycles. The fourth-order valence-electron chi connectivity index (χ4n) is 1.64. The summed E-state index contributed by atoms with van der Waals surface area (Å²) < 4.78 is 11.3. The van der Waals surface area contributed by atoms with Gasteiger partial charge in [0.1, 0.15) is 12.7 Å².